The van der Waals surface area contributed by atoms with Crippen molar-refractivity contribution in [1.82, 2.24) is 0 Å². The van der Waals surface area contributed by atoms with E-state index in [0.717, 1.165) is 6.61 Å². The summed E-state index contributed by atoms with van der Waals surface area (Å²) >= 11 is 0. The van der Waals surface area contributed by atoms with Crippen LogP contribution in [0, 0.1) is 17.3 Å². The number of ether oxygens (including phenoxy) is 2. The molecule has 0 bridgehead atoms. The molecule has 1 aliphatic carbocycles. The van der Waals surface area contributed by atoms with Crippen LogP contribution in [0.1, 0.15) is 20.3 Å². The number of esters is 1. The van der Waals surface area contributed by atoms with E-state index in [2.05, 4.69) is 20.4 Å². The van der Waals surface area contributed by atoms with Crippen LogP contribution in [0.25, 0.3) is 0 Å². The van der Waals surface area contributed by atoms with Crippen LogP contribution in [-0.4, -0.2) is 19.7 Å². The third-order valence-electron chi connectivity index (χ3n) is 3.24. The molecule has 0 aliphatic heterocycles. The van der Waals surface area contributed by atoms with Gasteiger partial charge in [0.1, 0.15) is 0 Å². The number of carbonyl (C=O) groups is 1. The van der Waals surface area contributed by atoms with Crippen LogP contribution in [-0.2, 0) is 14.3 Å². The summed E-state index contributed by atoms with van der Waals surface area (Å²) in [6, 6.07) is 0. The molecule has 1 rings (SSSR count). The zero-order valence-electron chi connectivity index (χ0n) is 9.08. The van der Waals surface area contributed by atoms with Crippen molar-refractivity contribution in [1.29, 1.82) is 0 Å². The fourth-order valence-corrected chi connectivity index (χ4v) is 2.09. The SMILES string of the molecule is C=COC(=O)CC1C(COC)C1(C)C. The summed E-state index contributed by atoms with van der Waals surface area (Å²) in [5, 5.41) is 0. The summed E-state index contributed by atoms with van der Waals surface area (Å²) in [5.74, 6) is 0.663. The van der Waals surface area contributed by atoms with Crippen LogP contribution in [0.4, 0.5) is 0 Å². The lowest BCUT2D eigenvalue weighted by Gasteiger charge is -2.00. The van der Waals surface area contributed by atoms with Crippen LogP contribution in [0.15, 0.2) is 12.8 Å². The molecule has 0 aromatic carbocycles. The lowest BCUT2D eigenvalue weighted by molar-refractivity contribution is -0.138. The minimum Gasteiger partial charge on any atom is -0.435 e. The van der Waals surface area contributed by atoms with E-state index in [4.69, 9.17) is 9.47 Å². The third-order valence-corrected chi connectivity index (χ3v) is 3.24. The van der Waals surface area contributed by atoms with Gasteiger partial charge in [0.2, 0.25) is 0 Å². The highest BCUT2D eigenvalue weighted by Crippen LogP contribution is 2.59. The first kappa shape index (κ1) is 11.2. The van der Waals surface area contributed by atoms with Crippen molar-refractivity contribution in [2.45, 2.75) is 20.3 Å². The molecule has 2 atom stereocenters. The highest BCUT2D eigenvalue weighted by molar-refractivity contribution is 5.71. The zero-order valence-corrected chi connectivity index (χ0v) is 9.08. The normalized spacial score (nSPS) is 28.2. The number of carbonyl (C=O) groups excluding carboxylic acids is 1. The van der Waals surface area contributed by atoms with Gasteiger partial charge in [0, 0.05) is 20.1 Å². The highest BCUT2D eigenvalue weighted by Gasteiger charge is 2.57. The van der Waals surface area contributed by atoms with Gasteiger partial charge in [0.25, 0.3) is 0 Å². The molecule has 0 heterocycles. The Morgan fingerprint density at radius 1 is 1.50 bits per heavy atom. The summed E-state index contributed by atoms with van der Waals surface area (Å²) in [4.78, 5) is 11.2. The molecule has 3 heteroatoms. The third kappa shape index (κ3) is 2.15. The Labute approximate surface area is 85.1 Å². The molecule has 1 aliphatic rings. The van der Waals surface area contributed by atoms with E-state index >= 15 is 0 Å². The first-order valence-corrected chi connectivity index (χ1v) is 4.83. The number of hydrogen-bond acceptors (Lipinski definition) is 3. The Morgan fingerprint density at radius 2 is 2.14 bits per heavy atom. The maximum absolute atomic E-state index is 11.2. The molecule has 0 amide bonds. The van der Waals surface area contributed by atoms with Crippen LogP contribution in [0.3, 0.4) is 0 Å². The van der Waals surface area contributed by atoms with Gasteiger partial charge >= 0.3 is 5.97 Å². The molecule has 0 spiro atoms. The van der Waals surface area contributed by atoms with Gasteiger partial charge in [-0.05, 0) is 17.3 Å². The standard InChI is InChI=1S/C11H18O3/c1-5-14-10(12)6-8-9(7-13-4)11(8,2)3/h5,8-9H,1,6-7H2,2-4H3. The fraction of sp³-hybridized carbons (Fsp3) is 0.727. The molecule has 14 heavy (non-hydrogen) atoms. The second-order valence-electron chi connectivity index (χ2n) is 4.35. The predicted octanol–water partition coefficient (Wildman–Crippen LogP) is 1.98. The van der Waals surface area contributed by atoms with E-state index in [0.29, 0.717) is 18.3 Å². The van der Waals surface area contributed by atoms with Crippen LogP contribution < -0.4 is 0 Å². The molecule has 0 aromatic rings. The van der Waals surface area contributed by atoms with E-state index in [1.165, 1.54) is 6.26 Å². The van der Waals surface area contributed by atoms with Crippen molar-refractivity contribution in [2.24, 2.45) is 17.3 Å². The predicted molar refractivity (Wildman–Crippen MR) is 53.5 cm³/mol. The Kier molecular flexibility index (Phi) is 3.32. The summed E-state index contributed by atoms with van der Waals surface area (Å²) in [7, 11) is 1.69. The summed E-state index contributed by atoms with van der Waals surface area (Å²) in [6.45, 7) is 8.38. The maximum atomic E-state index is 11.2. The highest BCUT2D eigenvalue weighted by atomic mass is 16.5. The van der Waals surface area contributed by atoms with Gasteiger partial charge < -0.3 is 9.47 Å². The van der Waals surface area contributed by atoms with E-state index in [-0.39, 0.29) is 11.4 Å². The van der Waals surface area contributed by atoms with E-state index in [9.17, 15) is 4.79 Å². The van der Waals surface area contributed by atoms with Crippen LogP contribution >= 0.6 is 0 Å². The van der Waals surface area contributed by atoms with E-state index in [1.807, 2.05) is 0 Å². The molecule has 2 unspecified atom stereocenters. The number of methoxy groups -OCH3 is 1. The van der Waals surface area contributed by atoms with E-state index < -0.39 is 0 Å². The van der Waals surface area contributed by atoms with Gasteiger partial charge in [-0.1, -0.05) is 20.4 Å². The average Bonchev–Trinajstić information content (AvgIpc) is 2.57. The topological polar surface area (TPSA) is 35.5 Å². The smallest absolute Gasteiger partial charge is 0.310 e. The van der Waals surface area contributed by atoms with Gasteiger partial charge in [-0.15, -0.1) is 0 Å². The molecule has 80 valence electrons. The quantitative estimate of drug-likeness (QED) is 0.500. The minimum atomic E-state index is -0.198. The van der Waals surface area contributed by atoms with Crippen molar-refractivity contribution in [3.05, 3.63) is 12.8 Å². The number of rotatable bonds is 5. The van der Waals surface area contributed by atoms with Gasteiger partial charge in [-0.2, -0.15) is 0 Å². The van der Waals surface area contributed by atoms with Gasteiger partial charge in [-0.25, -0.2) is 0 Å². The molecular weight excluding hydrogens is 180 g/mol. The monoisotopic (exact) mass is 198 g/mol. The minimum absolute atomic E-state index is 0.198. The summed E-state index contributed by atoms with van der Waals surface area (Å²) in [6.07, 6.45) is 1.65. The second-order valence-corrected chi connectivity index (χ2v) is 4.35. The summed E-state index contributed by atoms with van der Waals surface area (Å²) in [5.41, 5.74) is 0.205. The largest absolute Gasteiger partial charge is 0.435 e. The molecule has 0 N–H and O–H groups in total. The zero-order chi connectivity index (χ0) is 10.8. The van der Waals surface area contributed by atoms with Crippen LogP contribution in [0.2, 0.25) is 0 Å². The van der Waals surface area contributed by atoms with Crippen molar-refractivity contribution in [3.63, 3.8) is 0 Å². The Morgan fingerprint density at radius 3 is 2.64 bits per heavy atom. The van der Waals surface area contributed by atoms with Gasteiger partial charge in [0.15, 0.2) is 0 Å². The Balaban J connectivity index is 2.40. The van der Waals surface area contributed by atoms with Crippen molar-refractivity contribution < 1.29 is 14.3 Å². The number of hydrogen-bond donors (Lipinski definition) is 0. The molecule has 0 aromatic heterocycles. The molecule has 1 fully saturated rings. The maximum Gasteiger partial charge on any atom is 0.310 e. The Bertz CT molecular complexity index is 233. The molecular formula is C11H18O3. The van der Waals surface area contributed by atoms with Gasteiger partial charge in [0.05, 0.1) is 6.26 Å². The molecule has 0 saturated heterocycles. The van der Waals surface area contributed by atoms with Gasteiger partial charge in [-0.3, -0.25) is 4.79 Å². The molecule has 3 nitrogen and oxygen atoms in total. The van der Waals surface area contributed by atoms with Crippen LogP contribution in [0.5, 0.6) is 0 Å². The Hall–Kier alpha value is -0.830. The molecule has 1 saturated carbocycles. The summed E-state index contributed by atoms with van der Waals surface area (Å²) < 4.78 is 9.80. The van der Waals surface area contributed by atoms with Crippen molar-refractivity contribution in [2.75, 3.05) is 13.7 Å². The first-order valence-electron chi connectivity index (χ1n) is 4.83. The lowest BCUT2D eigenvalue weighted by Crippen LogP contribution is -2.03. The lowest BCUT2D eigenvalue weighted by atomic mass is 10.1. The van der Waals surface area contributed by atoms with Crippen molar-refractivity contribution in [3.8, 4) is 0 Å². The first-order chi connectivity index (χ1) is 6.54. The fourth-order valence-electron chi connectivity index (χ4n) is 2.09. The second kappa shape index (κ2) is 4.13. The van der Waals surface area contributed by atoms with Crippen molar-refractivity contribution >= 4 is 5.97 Å². The molecule has 0 radical (unpaired) electrons. The van der Waals surface area contributed by atoms with E-state index in [1.54, 1.807) is 7.11 Å². The average molecular weight is 198 g/mol.